The van der Waals surface area contributed by atoms with Crippen LogP contribution in [-0.4, -0.2) is 26.2 Å². The quantitative estimate of drug-likeness (QED) is 0.268. The van der Waals surface area contributed by atoms with Crippen molar-refractivity contribution < 1.29 is 9.47 Å². The fraction of sp³-hybridized carbons (Fsp3) is 0.278. The lowest BCUT2D eigenvalue weighted by Crippen LogP contribution is -2.23. The number of methoxy groups -OCH3 is 1. The molecule has 0 unspecified atom stereocenters. The number of hydrogen-bond donors (Lipinski definition) is 2. The van der Waals surface area contributed by atoms with Crippen molar-refractivity contribution in [1.82, 2.24) is 0 Å². The van der Waals surface area contributed by atoms with E-state index in [-0.39, 0.29) is 24.0 Å². The highest BCUT2D eigenvalue weighted by Gasteiger charge is 2.00. The molecule has 0 aromatic heterocycles. The van der Waals surface area contributed by atoms with Crippen LogP contribution in [0.3, 0.4) is 0 Å². The van der Waals surface area contributed by atoms with Gasteiger partial charge < -0.3 is 20.5 Å². The van der Waals surface area contributed by atoms with Gasteiger partial charge in [-0.1, -0.05) is 11.6 Å². The Labute approximate surface area is 170 Å². The van der Waals surface area contributed by atoms with Crippen molar-refractivity contribution >= 4 is 47.2 Å². The van der Waals surface area contributed by atoms with Gasteiger partial charge in [-0.25, -0.2) is 0 Å². The van der Waals surface area contributed by atoms with E-state index in [9.17, 15) is 0 Å². The van der Waals surface area contributed by atoms with E-state index in [0.29, 0.717) is 24.1 Å². The third-order valence-electron chi connectivity index (χ3n) is 3.34. The number of nitrogens with two attached hydrogens (primary N) is 1. The number of nitrogens with one attached hydrogen (secondary N) is 1. The summed E-state index contributed by atoms with van der Waals surface area (Å²) in [6.07, 6.45) is 0.771. The molecule has 0 fully saturated rings. The number of aliphatic imine (C=N–C) groups is 1. The number of guanidine groups is 1. The number of aryl methyl sites for hydroxylation is 1. The van der Waals surface area contributed by atoms with Gasteiger partial charge in [0.25, 0.3) is 0 Å². The molecule has 0 saturated heterocycles. The SMILES string of the molecule is COc1ccc(NC(N)=NCCCOc2ccc(Cl)cc2C)cc1.I. The predicted octanol–water partition coefficient (Wildman–Crippen LogP) is 4.47. The van der Waals surface area contributed by atoms with E-state index in [1.807, 2.05) is 49.4 Å². The molecular weight excluding hydrogens is 453 g/mol. The second kappa shape index (κ2) is 11.0. The molecule has 2 rings (SSSR count). The van der Waals surface area contributed by atoms with Crippen LogP contribution in [0.25, 0.3) is 0 Å². The number of halogens is 2. The van der Waals surface area contributed by atoms with E-state index in [1.54, 1.807) is 7.11 Å². The predicted molar refractivity (Wildman–Crippen MR) is 115 cm³/mol. The second-order valence-electron chi connectivity index (χ2n) is 5.23. The summed E-state index contributed by atoms with van der Waals surface area (Å²) in [4.78, 5) is 4.28. The highest BCUT2D eigenvalue weighted by Crippen LogP contribution is 2.21. The normalized spacial score (nSPS) is 10.8. The van der Waals surface area contributed by atoms with Gasteiger partial charge in [-0.15, -0.1) is 24.0 Å². The Morgan fingerprint density at radius 3 is 2.56 bits per heavy atom. The Morgan fingerprint density at radius 1 is 1.20 bits per heavy atom. The number of rotatable bonds is 7. The van der Waals surface area contributed by atoms with Crippen LogP contribution < -0.4 is 20.5 Å². The zero-order valence-electron chi connectivity index (χ0n) is 14.3. The van der Waals surface area contributed by atoms with Crippen molar-refractivity contribution in [3.8, 4) is 11.5 Å². The van der Waals surface area contributed by atoms with E-state index in [0.717, 1.165) is 29.2 Å². The van der Waals surface area contributed by atoms with Crippen LogP contribution in [-0.2, 0) is 0 Å². The molecule has 136 valence electrons. The minimum Gasteiger partial charge on any atom is -0.497 e. The van der Waals surface area contributed by atoms with Gasteiger partial charge in [-0.2, -0.15) is 0 Å². The van der Waals surface area contributed by atoms with Crippen LogP contribution in [0, 0.1) is 6.92 Å². The standard InChI is InChI=1S/C18H22ClN3O2.HI/c1-13-12-14(19)4-9-17(13)24-11-3-10-21-18(20)22-15-5-7-16(23-2)8-6-15;/h4-9,12H,3,10-11H2,1-2H3,(H3,20,21,22);1H. The minimum atomic E-state index is 0. The van der Waals surface area contributed by atoms with Crippen LogP contribution in [0.1, 0.15) is 12.0 Å². The topological polar surface area (TPSA) is 68.9 Å². The summed E-state index contributed by atoms with van der Waals surface area (Å²) < 4.78 is 10.8. The minimum absolute atomic E-state index is 0. The third kappa shape index (κ3) is 7.39. The van der Waals surface area contributed by atoms with Gasteiger partial charge in [-0.3, -0.25) is 4.99 Å². The largest absolute Gasteiger partial charge is 0.497 e. The number of ether oxygens (including phenoxy) is 2. The molecule has 0 spiro atoms. The number of benzene rings is 2. The number of anilines is 1. The molecule has 3 N–H and O–H groups in total. The summed E-state index contributed by atoms with van der Waals surface area (Å²) in [5.41, 5.74) is 7.75. The summed E-state index contributed by atoms with van der Waals surface area (Å²) in [5.74, 6) is 2.02. The van der Waals surface area contributed by atoms with E-state index in [1.165, 1.54) is 0 Å². The molecule has 7 heteroatoms. The van der Waals surface area contributed by atoms with Crippen molar-refractivity contribution in [2.24, 2.45) is 10.7 Å². The molecule has 0 aliphatic heterocycles. The smallest absolute Gasteiger partial charge is 0.193 e. The highest BCUT2D eigenvalue weighted by molar-refractivity contribution is 14.0. The van der Waals surface area contributed by atoms with Crippen molar-refractivity contribution in [1.29, 1.82) is 0 Å². The second-order valence-corrected chi connectivity index (χ2v) is 5.67. The average molecular weight is 476 g/mol. The van der Waals surface area contributed by atoms with Gasteiger partial charge in [0.05, 0.1) is 13.7 Å². The fourth-order valence-electron chi connectivity index (χ4n) is 2.08. The van der Waals surface area contributed by atoms with E-state index >= 15 is 0 Å². The molecule has 0 amide bonds. The molecule has 0 aliphatic rings. The van der Waals surface area contributed by atoms with Gasteiger partial charge >= 0.3 is 0 Å². The molecule has 0 aliphatic carbocycles. The monoisotopic (exact) mass is 475 g/mol. The van der Waals surface area contributed by atoms with E-state index < -0.39 is 0 Å². The summed E-state index contributed by atoms with van der Waals surface area (Å²) in [6, 6.07) is 13.1. The van der Waals surface area contributed by atoms with Gasteiger partial charge in [0.2, 0.25) is 0 Å². The maximum Gasteiger partial charge on any atom is 0.193 e. The Hall–Kier alpha value is -1.67. The lowest BCUT2D eigenvalue weighted by molar-refractivity contribution is 0.311. The molecule has 2 aromatic rings. The summed E-state index contributed by atoms with van der Waals surface area (Å²) >= 11 is 5.92. The molecule has 0 bridgehead atoms. The lowest BCUT2D eigenvalue weighted by atomic mass is 10.2. The van der Waals surface area contributed by atoms with E-state index in [2.05, 4.69) is 10.3 Å². The van der Waals surface area contributed by atoms with Crippen LogP contribution >= 0.6 is 35.6 Å². The first-order chi connectivity index (χ1) is 11.6. The first-order valence-electron chi connectivity index (χ1n) is 7.68. The molecule has 0 heterocycles. The summed E-state index contributed by atoms with van der Waals surface area (Å²) in [6.45, 7) is 3.12. The molecule has 5 nitrogen and oxygen atoms in total. The Kier molecular flexibility index (Phi) is 9.44. The molecule has 0 saturated carbocycles. The molecule has 0 atom stereocenters. The molecule has 0 radical (unpaired) electrons. The summed E-state index contributed by atoms with van der Waals surface area (Å²) in [7, 11) is 1.63. The highest BCUT2D eigenvalue weighted by atomic mass is 127. The number of nitrogens with zero attached hydrogens (tertiary/aromatic N) is 1. The molecule has 2 aromatic carbocycles. The van der Waals surface area contributed by atoms with Crippen molar-refractivity contribution in [2.75, 3.05) is 25.6 Å². The maximum absolute atomic E-state index is 5.92. The van der Waals surface area contributed by atoms with E-state index in [4.69, 9.17) is 26.8 Å². The van der Waals surface area contributed by atoms with Gasteiger partial charge in [-0.05, 0) is 55.0 Å². The summed E-state index contributed by atoms with van der Waals surface area (Å²) in [5, 5.41) is 3.74. The van der Waals surface area contributed by atoms with Gasteiger partial charge in [0.1, 0.15) is 11.5 Å². The first-order valence-corrected chi connectivity index (χ1v) is 8.06. The van der Waals surface area contributed by atoms with Crippen LogP contribution in [0.4, 0.5) is 5.69 Å². The van der Waals surface area contributed by atoms with Crippen molar-refractivity contribution in [2.45, 2.75) is 13.3 Å². The fourth-order valence-corrected chi connectivity index (χ4v) is 2.31. The average Bonchev–Trinajstić information content (AvgIpc) is 2.57. The van der Waals surface area contributed by atoms with Crippen LogP contribution in [0.2, 0.25) is 5.02 Å². The number of hydrogen-bond acceptors (Lipinski definition) is 3. The molecule has 25 heavy (non-hydrogen) atoms. The zero-order chi connectivity index (χ0) is 17.4. The maximum atomic E-state index is 5.92. The van der Waals surface area contributed by atoms with Gasteiger partial charge in [0.15, 0.2) is 5.96 Å². The van der Waals surface area contributed by atoms with Crippen LogP contribution in [0.15, 0.2) is 47.5 Å². The van der Waals surface area contributed by atoms with Crippen molar-refractivity contribution in [3.63, 3.8) is 0 Å². The lowest BCUT2D eigenvalue weighted by Gasteiger charge is -2.09. The van der Waals surface area contributed by atoms with Gasteiger partial charge in [0, 0.05) is 23.7 Å². The van der Waals surface area contributed by atoms with Crippen LogP contribution in [0.5, 0.6) is 11.5 Å². The Morgan fingerprint density at radius 2 is 1.92 bits per heavy atom. The Balaban J connectivity index is 0.00000312. The molecular formula is C18H23ClIN3O2. The zero-order valence-corrected chi connectivity index (χ0v) is 17.4. The first kappa shape index (κ1) is 21.4. The third-order valence-corrected chi connectivity index (χ3v) is 3.58. The Bertz CT molecular complexity index is 693. The van der Waals surface area contributed by atoms with Crippen molar-refractivity contribution in [3.05, 3.63) is 53.1 Å².